The Morgan fingerprint density at radius 1 is 1.23 bits per heavy atom. The van der Waals surface area contributed by atoms with Crippen LogP contribution in [0.3, 0.4) is 0 Å². The van der Waals surface area contributed by atoms with Crippen molar-refractivity contribution >= 4 is 23.1 Å². The lowest BCUT2D eigenvalue weighted by molar-refractivity contribution is 0.0319. The molecular weight excluding hydrogens is 319 g/mol. The third-order valence-electron chi connectivity index (χ3n) is 3.83. The summed E-state index contributed by atoms with van der Waals surface area (Å²) in [5.74, 6) is 1.83. The van der Waals surface area contributed by atoms with Crippen molar-refractivity contribution in [3.8, 4) is 10.6 Å². The molecule has 6 heteroatoms. The van der Waals surface area contributed by atoms with Gasteiger partial charge in [-0.15, -0.1) is 11.3 Å². The van der Waals surface area contributed by atoms with Gasteiger partial charge in [0.25, 0.3) is 0 Å². The van der Waals surface area contributed by atoms with Crippen LogP contribution in [0, 0.1) is 5.82 Å². The van der Waals surface area contributed by atoms with Gasteiger partial charge in [-0.2, -0.15) is 11.8 Å². The summed E-state index contributed by atoms with van der Waals surface area (Å²) in [5, 5.41) is 16.6. The van der Waals surface area contributed by atoms with E-state index in [1.54, 1.807) is 23.5 Å². The van der Waals surface area contributed by atoms with Crippen LogP contribution in [0.4, 0.5) is 4.39 Å². The van der Waals surface area contributed by atoms with E-state index in [1.807, 2.05) is 17.1 Å². The topological polar surface area (TPSA) is 45.1 Å². The van der Waals surface area contributed by atoms with Crippen LogP contribution in [0.2, 0.25) is 0 Å². The minimum Gasteiger partial charge on any atom is -0.389 e. The maximum absolute atomic E-state index is 12.9. The molecule has 1 fully saturated rings. The molecule has 1 aliphatic rings. The summed E-state index contributed by atoms with van der Waals surface area (Å²) in [6, 6.07) is 6.39. The number of hydrogen-bond donors (Lipinski definition) is 2. The number of hydrogen-bond acceptors (Lipinski definition) is 5. The van der Waals surface area contributed by atoms with Crippen LogP contribution in [0.1, 0.15) is 18.5 Å². The predicted molar refractivity (Wildman–Crippen MR) is 90.7 cm³/mol. The van der Waals surface area contributed by atoms with Crippen LogP contribution in [0.5, 0.6) is 0 Å². The molecule has 118 valence electrons. The Kier molecular flexibility index (Phi) is 5.13. The first-order chi connectivity index (χ1) is 10.6. The zero-order valence-electron chi connectivity index (χ0n) is 12.2. The minimum absolute atomic E-state index is 0.235. The molecule has 1 saturated heterocycles. The van der Waals surface area contributed by atoms with Crippen molar-refractivity contribution in [2.45, 2.75) is 25.0 Å². The maximum atomic E-state index is 12.9. The molecule has 1 aliphatic heterocycles. The summed E-state index contributed by atoms with van der Waals surface area (Å²) in [6.45, 7) is 1.25. The number of aromatic nitrogens is 1. The van der Waals surface area contributed by atoms with Gasteiger partial charge in [0.2, 0.25) is 0 Å². The summed E-state index contributed by atoms with van der Waals surface area (Å²) in [6.07, 6.45) is 1.70. The summed E-state index contributed by atoms with van der Waals surface area (Å²) < 4.78 is 12.9. The number of thiazole rings is 1. The van der Waals surface area contributed by atoms with E-state index in [0.29, 0.717) is 13.1 Å². The molecule has 0 spiro atoms. The highest BCUT2D eigenvalue weighted by Crippen LogP contribution is 2.27. The van der Waals surface area contributed by atoms with Gasteiger partial charge in [0.15, 0.2) is 0 Å². The molecule has 2 N–H and O–H groups in total. The van der Waals surface area contributed by atoms with Crippen molar-refractivity contribution in [2.24, 2.45) is 0 Å². The van der Waals surface area contributed by atoms with Gasteiger partial charge in [-0.1, -0.05) is 0 Å². The third kappa shape index (κ3) is 4.07. The van der Waals surface area contributed by atoms with Gasteiger partial charge in [-0.3, -0.25) is 0 Å². The van der Waals surface area contributed by atoms with E-state index in [1.165, 1.54) is 12.1 Å². The Morgan fingerprint density at radius 2 is 1.95 bits per heavy atom. The molecule has 2 heterocycles. The molecule has 1 aromatic carbocycles. The SMILES string of the molecule is OC1(CNCc2csc(-c3ccc(F)cc3)n2)CCSCC1. The largest absolute Gasteiger partial charge is 0.389 e. The second-order valence-electron chi connectivity index (χ2n) is 5.59. The zero-order chi connectivity index (χ0) is 15.4. The third-order valence-corrected chi connectivity index (χ3v) is 5.75. The highest BCUT2D eigenvalue weighted by molar-refractivity contribution is 7.99. The van der Waals surface area contributed by atoms with Crippen molar-refractivity contribution in [3.63, 3.8) is 0 Å². The lowest BCUT2D eigenvalue weighted by Gasteiger charge is -2.31. The number of rotatable bonds is 5. The average molecular weight is 338 g/mol. The Morgan fingerprint density at radius 3 is 2.68 bits per heavy atom. The van der Waals surface area contributed by atoms with E-state index in [-0.39, 0.29) is 5.82 Å². The highest BCUT2D eigenvalue weighted by atomic mass is 32.2. The van der Waals surface area contributed by atoms with Crippen molar-refractivity contribution < 1.29 is 9.50 Å². The second kappa shape index (κ2) is 7.08. The molecule has 22 heavy (non-hydrogen) atoms. The molecule has 0 bridgehead atoms. The molecule has 0 amide bonds. The van der Waals surface area contributed by atoms with E-state index in [2.05, 4.69) is 10.3 Å². The average Bonchev–Trinajstić information content (AvgIpc) is 2.97. The molecule has 0 saturated carbocycles. The smallest absolute Gasteiger partial charge is 0.123 e. The number of thioether (sulfide) groups is 1. The van der Waals surface area contributed by atoms with Crippen LogP contribution in [-0.2, 0) is 6.54 Å². The van der Waals surface area contributed by atoms with E-state index in [0.717, 1.165) is 40.6 Å². The molecule has 1 aromatic heterocycles. The number of aliphatic hydroxyl groups is 1. The van der Waals surface area contributed by atoms with Crippen molar-refractivity contribution in [2.75, 3.05) is 18.1 Å². The molecule has 0 unspecified atom stereocenters. The molecule has 3 nitrogen and oxygen atoms in total. The van der Waals surface area contributed by atoms with Gasteiger partial charge in [-0.05, 0) is 48.6 Å². The first-order valence-electron chi connectivity index (χ1n) is 7.36. The highest BCUT2D eigenvalue weighted by Gasteiger charge is 2.28. The van der Waals surface area contributed by atoms with Crippen LogP contribution < -0.4 is 5.32 Å². The van der Waals surface area contributed by atoms with Crippen LogP contribution in [0.25, 0.3) is 10.6 Å². The van der Waals surface area contributed by atoms with Crippen molar-refractivity contribution in [1.82, 2.24) is 10.3 Å². The normalized spacial score (nSPS) is 17.5. The van der Waals surface area contributed by atoms with Crippen LogP contribution in [0.15, 0.2) is 29.6 Å². The predicted octanol–water partition coefficient (Wildman–Crippen LogP) is 3.30. The van der Waals surface area contributed by atoms with Gasteiger partial charge in [0.1, 0.15) is 10.8 Å². The summed E-state index contributed by atoms with van der Waals surface area (Å²) in [7, 11) is 0. The Balaban J connectivity index is 1.54. The van der Waals surface area contributed by atoms with Crippen molar-refractivity contribution in [1.29, 1.82) is 0 Å². The van der Waals surface area contributed by atoms with Crippen molar-refractivity contribution in [3.05, 3.63) is 41.2 Å². The van der Waals surface area contributed by atoms with Gasteiger partial charge in [0, 0.05) is 24.0 Å². The Bertz CT molecular complexity index is 609. The van der Waals surface area contributed by atoms with Gasteiger partial charge < -0.3 is 10.4 Å². The first-order valence-corrected chi connectivity index (χ1v) is 9.39. The zero-order valence-corrected chi connectivity index (χ0v) is 13.9. The molecule has 0 radical (unpaired) electrons. The van der Waals surface area contributed by atoms with E-state index < -0.39 is 5.60 Å². The van der Waals surface area contributed by atoms with E-state index >= 15 is 0 Å². The fourth-order valence-corrected chi connectivity index (χ4v) is 4.54. The fraction of sp³-hybridized carbons (Fsp3) is 0.438. The monoisotopic (exact) mass is 338 g/mol. The fourth-order valence-electron chi connectivity index (χ4n) is 2.46. The lowest BCUT2D eigenvalue weighted by atomic mass is 9.97. The number of benzene rings is 1. The quantitative estimate of drug-likeness (QED) is 0.878. The number of halogens is 1. The van der Waals surface area contributed by atoms with E-state index in [9.17, 15) is 9.50 Å². The van der Waals surface area contributed by atoms with E-state index in [4.69, 9.17) is 0 Å². The first kappa shape index (κ1) is 15.9. The van der Waals surface area contributed by atoms with Gasteiger partial charge in [-0.25, -0.2) is 9.37 Å². The maximum Gasteiger partial charge on any atom is 0.123 e. The lowest BCUT2D eigenvalue weighted by Crippen LogP contribution is -2.43. The second-order valence-corrected chi connectivity index (χ2v) is 7.67. The molecule has 3 rings (SSSR count). The van der Waals surface area contributed by atoms with Crippen LogP contribution >= 0.6 is 23.1 Å². The van der Waals surface area contributed by atoms with Gasteiger partial charge in [0.05, 0.1) is 11.3 Å². The molecular formula is C16H19FN2OS2. The molecule has 0 atom stereocenters. The summed E-state index contributed by atoms with van der Waals surface area (Å²) in [5.41, 5.74) is 1.32. The van der Waals surface area contributed by atoms with Gasteiger partial charge >= 0.3 is 0 Å². The standard InChI is InChI=1S/C16H19FN2OS2/c17-13-3-1-12(2-4-13)15-19-14(10-22-15)9-18-11-16(20)5-7-21-8-6-16/h1-4,10,18,20H,5-9,11H2. The Hall–Kier alpha value is -0.950. The Labute approximate surface area is 138 Å². The van der Waals surface area contributed by atoms with Crippen LogP contribution in [-0.4, -0.2) is 33.7 Å². The number of nitrogens with zero attached hydrogens (tertiary/aromatic N) is 1. The summed E-state index contributed by atoms with van der Waals surface area (Å²) in [4.78, 5) is 4.56. The minimum atomic E-state index is -0.568. The molecule has 0 aliphatic carbocycles. The summed E-state index contributed by atoms with van der Waals surface area (Å²) >= 11 is 3.46. The molecule has 2 aromatic rings. The number of nitrogens with one attached hydrogen (secondary N) is 1.